The van der Waals surface area contributed by atoms with Crippen LogP contribution in [-0.2, 0) is 21.7 Å². The van der Waals surface area contributed by atoms with Crippen molar-refractivity contribution < 1.29 is 0 Å². The molecule has 3 aromatic heterocycles. The number of fused-ring (bicyclic) bond motifs is 10. The van der Waals surface area contributed by atoms with E-state index in [9.17, 15) is 0 Å². The highest BCUT2D eigenvalue weighted by atomic mass is 15.0. The first-order valence-electron chi connectivity index (χ1n) is 28.2. The highest BCUT2D eigenvalue weighted by Gasteiger charge is 2.42. The van der Waals surface area contributed by atoms with Crippen LogP contribution in [0.3, 0.4) is 0 Å². The molecule has 0 N–H and O–H groups in total. The monoisotopic (exact) mass is 1020 g/mol. The molecular weight excluding hydrogens is 958 g/mol. The molecule has 5 nitrogen and oxygen atoms in total. The van der Waals surface area contributed by atoms with Crippen molar-refractivity contribution in [3.8, 4) is 67.3 Å². The molecule has 9 aromatic carbocycles. The van der Waals surface area contributed by atoms with Crippen LogP contribution in [0.25, 0.3) is 111 Å². The first-order chi connectivity index (χ1) is 37.7. The van der Waals surface area contributed by atoms with E-state index in [1.807, 2.05) is 0 Å². The summed E-state index contributed by atoms with van der Waals surface area (Å²) in [6.45, 7) is 28.0. The van der Waals surface area contributed by atoms with Crippen LogP contribution in [-0.4, -0.2) is 30.8 Å². The lowest BCUT2D eigenvalue weighted by Gasteiger charge is -2.34. The van der Waals surface area contributed by atoms with Crippen molar-refractivity contribution in [2.75, 3.05) is 0 Å². The van der Waals surface area contributed by atoms with Crippen molar-refractivity contribution in [1.29, 1.82) is 0 Å². The molecule has 5 heterocycles. The molecule has 0 saturated carbocycles. The Balaban J connectivity index is 1.16. The smallest absolute Gasteiger partial charge is 0.252 e. The number of rotatable bonds is 5. The van der Waals surface area contributed by atoms with Crippen molar-refractivity contribution in [3.05, 3.63) is 205 Å². The van der Waals surface area contributed by atoms with Gasteiger partial charge in [0.1, 0.15) is 12.7 Å². The van der Waals surface area contributed by atoms with Gasteiger partial charge < -0.3 is 9.13 Å². The van der Waals surface area contributed by atoms with Gasteiger partial charge in [0.05, 0.1) is 11.0 Å². The summed E-state index contributed by atoms with van der Waals surface area (Å²) in [6, 6.07) is 65.4. The Morgan fingerprint density at radius 2 is 0.747 bits per heavy atom. The second kappa shape index (κ2) is 17.1. The lowest BCUT2D eigenvalue weighted by molar-refractivity contribution is 0.568. The minimum atomic E-state index is -0.0987. The molecule has 0 unspecified atom stereocenters. The van der Waals surface area contributed by atoms with E-state index in [-0.39, 0.29) is 28.4 Å². The molecule has 0 amide bonds. The summed E-state index contributed by atoms with van der Waals surface area (Å²) in [5.41, 5.74) is 26.9. The molecule has 0 spiro atoms. The van der Waals surface area contributed by atoms with Gasteiger partial charge in [-0.2, -0.15) is 0 Å². The molecule has 79 heavy (non-hydrogen) atoms. The number of nitrogens with zero attached hydrogens (tertiary/aromatic N) is 5. The van der Waals surface area contributed by atoms with E-state index in [1.165, 1.54) is 127 Å². The van der Waals surface area contributed by atoms with Crippen molar-refractivity contribution in [2.45, 2.75) is 105 Å². The Morgan fingerprint density at radius 1 is 0.354 bits per heavy atom. The minimum absolute atomic E-state index is 0.0575. The maximum Gasteiger partial charge on any atom is 0.252 e. The minimum Gasteiger partial charge on any atom is -0.310 e. The van der Waals surface area contributed by atoms with Crippen LogP contribution in [0.5, 0.6) is 0 Å². The molecule has 0 saturated heterocycles. The summed E-state index contributed by atoms with van der Waals surface area (Å²) in [5.74, 6) is 0.644. The summed E-state index contributed by atoms with van der Waals surface area (Å²) in [4.78, 5) is 14.0. The zero-order valence-electron chi connectivity index (χ0n) is 47.6. The number of benzene rings is 9. The number of hydrogen-bond donors (Lipinski definition) is 0. The van der Waals surface area contributed by atoms with E-state index in [0.29, 0.717) is 5.82 Å². The second-order valence-corrected chi connectivity index (χ2v) is 26.6. The molecule has 0 aliphatic carbocycles. The Hall–Kier alpha value is -8.35. The standard InChI is InChI=1S/C73H66BN5/c1-70(2,3)50-31-47(32-51(39-50)71(4,5)6)54-25-27-58-67-64(54)56-35-45(43-19-15-13-16-20-43)23-29-60(56)78(67)62-37-49(69-76-41-75-42-77-69)38-63-66(62)74(58)59-28-26-55(48-33-52(72(7,8)9)40-53(34-48)73(10,11)12)65-57-36-46(44-21-17-14-18-22-44)24-30-61(57)79(63)68(59)65/h13-42H,1-12H3. The van der Waals surface area contributed by atoms with Gasteiger partial charge >= 0.3 is 0 Å². The first kappa shape index (κ1) is 49.0. The molecule has 14 rings (SSSR count). The molecule has 6 heteroatoms. The lowest BCUT2D eigenvalue weighted by atomic mass is 9.34. The zero-order chi connectivity index (χ0) is 54.7. The van der Waals surface area contributed by atoms with Gasteiger partial charge in [-0.3, -0.25) is 0 Å². The van der Waals surface area contributed by atoms with Crippen molar-refractivity contribution in [2.24, 2.45) is 0 Å². The zero-order valence-corrected chi connectivity index (χ0v) is 47.6. The van der Waals surface area contributed by atoms with Gasteiger partial charge in [0, 0.05) is 49.5 Å². The lowest BCUT2D eigenvalue weighted by Crippen LogP contribution is -2.59. The Bertz CT molecular complexity index is 4170. The van der Waals surface area contributed by atoms with Gasteiger partial charge in [0.2, 0.25) is 0 Å². The van der Waals surface area contributed by atoms with E-state index in [2.05, 4.69) is 267 Å². The first-order valence-corrected chi connectivity index (χ1v) is 28.2. The average Bonchev–Trinajstić information content (AvgIpc) is 2.84. The molecular formula is C73H66BN5. The molecule has 386 valence electrons. The van der Waals surface area contributed by atoms with Crippen LogP contribution in [0, 0.1) is 0 Å². The van der Waals surface area contributed by atoms with Crippen molar-refractivity contribution in [1.82, 2.24) is 24.1 Å². The van der Waals surface area contributed by atoms with Gasteiger partial charge in [-0.05, 0) is 141 Å². The fraction of sp³-hybridized carbons (Fsp3) is 0.219. The normalized spacial score (nSPS) is 13.3. The quantitative estimate of drug-likeness (QED) is 0.161. The average molecular weight is 1020 g/mol. The van der Waals surface area contributed by atoms with Crippen LogP contribution in [0.1, 0.15) is 105 Å². The predicted octanol–water partition coefficient (Wildman–Crippen LogP) is 16.7. The topological polar surface area (TPSA) is 48.5 Å². The van der Waals surface area contributed by atoms with Gasteiger partial charge in [0.25, 0.3) is 6.71 Å². The third-order valence-electron chi connectivity index (χ3n) is 17.3. The fourth-order valence-electron chi connectivity index (χ4n) is 13.0. The summed E-state index contributed by atoms with van der Waals surface area (Å²) in [7, 11) is 0. The predicted molar refractivity (Wildman–Crippen MR) is 335 cm³/mol. The summed E-state index contributed by atoms with van der Waals surface area (Å²) < 4.78 is 5.19. The SMILES string of the molecule is CC(C)(C)c1cc(-c2ccc3c4c2c2cc(-c5ccccc5)ccc2n4-c2cc(-c4ncncn4)cc4c2B3c2ccc(-c3cc(C(C)(C)C)cc(C(C)(C)C)c3)c3c5cc(-c6ccccc6)ccc5n-4c23)cc(C(C)(C)C)c1. The Kier molecular flexibility index (Phi) is 10.6. The van der Waals surface area contributed by atoms with E-state index >= 15 is 0 Å². The van der Waals surface area contributed by atoms with Crippen LogP contribution < -0.4 is 16.4 Å². The second-order valence-electron chi connectivity index (χ2n) is 26.6. The molecule has 0 atom stereocenters. The Labute approximate surface area is 465 Å². The molecule has 0 bridgehead atoms. The summed E-state index contributed by atoms with van der Waals surface area (Å²) in [6.07, 6.45) is 3.24. The Morgan fingerprint density at radius 3 is 1.13 bits per heavy atom. The van der Waals surface area contributed by atoms with Crippen LogP contribution in [0.2, 0.25) is 0 Å². The largest absolute Gasteiger partial charge is 0.310 e. The summed E-state index contributed by atoms with van der Waals surface area (Å²) in [5, 5.41) is 5.01. The third-order valence-corrected chi connectivity index (χ3v) is 17.3. The highest BCUT2D eigenvalue weighted by molar-refractivity contribution is 7.00. The van der Waals surface area contributed by atoms with Crippen LogP contribution >= 0.6 is 0 Å². The van der Waals surface area contributed by atoms with Crippen molar-refractivity contribution in [3.63, 3.8) is 0 Å². The molecule has 2 aliphatic heterocycles. The van der Waals surface area contributed by atoms with E-state index in [0.717, 1.165) is 16.9 Å². The third kappa shape index (κ3) is 7.69. The fourth-order valence-corrected chi connectivity index (χ4v) is 13.0. The van der Waals surface area contributed by atoms with Gasteiger partial charge in [0.15, 0.2) is 5.82 Å². The van der Waals surface area contributed by atoms with Crippen molar-refractivity contribution >= 4 is 66.7 Å². The molecule has 0 radical (unpaired) electrons. The molecule has 2 aliphatic rings. The number of aromatic nitrogens is 5. The van der Waals surface area contributed by atoms with Gasteiger partial charge in [-0.15, -0.1) is 0 Å². The van der Waals surface area contributed by atoms with Gasteiger partial charge in [-0.1, -0.05) is 217 Å². The molecule has 0 fully saturated rings. The maximum absolute atomic E-state index is 4.87. The van der Waals surface area contributed by atoms with Crippen LogP contribution in [0.15, 0.2) is 183 Å². The van der Waals surface area contributed by atoms with E-state index < -0.39 is 0 Å². The molecule has 12 aromatic rings. The summed E-state index contributed by atoms with van der Waals surface area (Å²) >= 11 is 0. The van der Waals surface area contributed by atoms with E-state index in [1.54, 1.807) is 12.7 Å². The maximum atomic E-state index is 4.87. The van der Waals surface area contributed by atoms with E-state index in [4.69, 9.17) is 9.97 Å². The highest BCUT2D eigenvalue weighted by Crippen LogP contribution is 2.48. The number of hydrogen-bond acceptors (Lipinski definition) is 3. The van der Waals surface area contributed by atoms with Gasteiger partial charge in [-0.25, -0.2) is 15.0 Å². The van der Waals surface area contributed by atoms with Crippen LogP contribution in [0.4, 0.5) is 0 Å².